The SMILES string of the molecule is COC(=O)C(C/C=C/c1ccccc1)CCc1ccc(OCc2ccccc2)cc1. The molecule has 0 N–H and O–H groups in total. The highest BCUT2D eigenvalue weighted by Gasteiger charge is 2.17. The Bertz CT molecular complexity index is 915. The first kappa shape index (κ1) is 21.4. The molecule has 0 aromatic heterocycles. The van der Waals surface area contributed by atoms with Crippen molar-refractivity contribution >= 4 is 12.0 Å². The van der Waals surface area contributed by atoms with Crippen LogP contribution in [0.5, 0.6) is 5.75 Å². The first-order chi connectivity index (χ1) is 14.7. The van der Waals surface area contributed by atoms with Gasteiger partial charge in [0.1, 0.15) is 12.4 Å². The highest BCUT2D eigenvalue weighted by atomic mass is 16.5. The fourth-order valence-corrected chi connectivity index (χ4v) is 3.27. The number of benzene rings is 3. The maximum absolute atomic E-state index is 12.2. The van der Waals surface area contributed by atoms with E-state index in [0.717, 1.165) is 29.7 Å². The Morgan fingerprint density at radius 3 is 2.20 bits per heavy atom. The summed E-state index contributed by atoms with van der Waals surface area (Å²) in [5.41, 5.74) is 3.46. The van der Waals surface area contributed by atoms with E-state index in [1.165, 1.54) is 12.7 Å². The van der Waals surface area contributed by atoms with Gasteiger partial charge in [-0.15, -0.1) is 0 Å². The first-order valence-corrected chi connectivity index (χ1v) is 10.3. The van der Waals surface area contributed by atoms with Crippen LogP contribution in [0.15, 0.2) is 91.0 Å². The number of allylic oxidation sites excluding steroid dienone is 1. The summed E-state index contributed by atoms with van der Waals surface area (Å²) in [6, 6.07) is 28.3. The summed E-state index contributed by atoms with van der Waals surface area (Å²) in [5, 5.41) is 0. The molecular weight excluding hydrogens is 372 g/mol. The van der Waals surface area contributed by atoms with Crippen molar-refractivity contribution in [2.75, 3.05) is 7.11 Å². The second kappa shape index (κ2) is 11.6. The molecule has 30 heavy (non-hydrogen) atoms. The number of carbonyl (C=O) groups is 1. The van der Waals surface area contributed by atoms with Crippen LogP contribution in [0.25, 0.3) is 6.08 Å². The quantitative estimate of drug-likeness (QED) is 0.386. The summed E-state index contributed by atoms with van der Waals surface area (Å²) in [7, 11) is 1.45. The van der Waals surface area contributed by atoms with Gasteiger partial charge < -0.3 is 9.47 Å². The predicted molar refractivity (Wildman–Crippen MR) is 121 cm³/mol. The topological polar surface area (TPSA) is 35.5 Å². The van der Waals surface area contributed by atoms with Crippen molar-refractivity contribution in [3.05, 3.63) is 108 Å². The van der Waals surface area contributed by atoms with E-state index in [1.54, 1.807) is 0 Å². The predicted octanol–water partition coefficient (Wildman–Crippen LogP) is 6.09. The number of rotatable bonds is 10. The third-order valence-corrected chi connectivity index (χ3v) is 5.02. The van der Waals surface area contributed by atoms with Crippen molar-refractivity contribution in [2.45, 2.75) is 25.9 Å². The second-order valence-corrected chi connectivity index (χ2v) is 7.23. The van der Waals surface area contributed by atoms with E-state index in [0.29, 0.717) is 13.0 Å². The Morgan fingerprint density at radius 1 is 0.867 bits per heavy atom. The molecule has 1 unspecified atom stereocenters. The lowest BCUT2D eigenvalue weighted by Crippen LogP contribution is -2.16. The molecule has 3 heteroatoms. The van der Waals surface area contributed by atoms with E-state index in [9.17, 15) is 4.79 Å². The zero-order chi connectivity index (χ0) is 21.0. The normalized spacial score (nSPS) is 11.9. The summed E-state index contributed by atoms with van der Waals surface area (Å²) in [4.78, 5) is 12.2. The van der Waals surface area contributed by atoms with Gasteiger partial charge in [0.2, 0.25) is 0 Å². The standard InChI is InChI=1S/C27H28O3/c1-29-27(28)25(14-8-13-22-9-4-2-5-10-22)18-15-23-16-19-26(20-17-23)30-21-24-11-6-3-7-12-24/h2-13,16-17,19-20,25H,14-15,18,21H2,1H3/b13-8+. The number of hydrogen-bond acceptors (Lipinski definition) is 3. The van der Waals surface area contributed by atoms with Gasteiger partial charge in [-0.05, 0) is 48.1 Å². The van der Waals surface area contributed by atoms with E-state index in [1.807, 2.05) is 72.8 Å². The molecule has 0 saturated heterocycles. The minimum absolute atomic E-state index is 0.149. The zero-order valence-electron chi connectivity index (χ0n) is 17.4. The Morgan fingerprint density at radius 2 is 1.53 bits per heavy atom. The maximum atomic E-state index is 12.2. The van der Waals surface area contributed by atoms with Crippen LogP contribution in [0.2, 0.25) is 0 Å². The molecule has 3 aromatic carbocycles. The summed E-state index contributed by atoms with van der Waals surface area (Å²) in [5.74, 6) is 0.539. The molecule has 3 nitrogen and oxygen atoms in total. The molecule has 0 aliphatic carbocycles. The molecule has 3 aromatic rings. The minimum atomic E-state index is -0.157. The molecular formula is C27H28O3. The molecule has 0 aliphatic rings. The van der Waals surface area contributed by atoms with Crippen LogP contribution in [0.4, 0.5) is 0 Å². The van der Waals surface area contributed by atoms with Gasteiger partial charge in [-0.3, -0.25) is 4.79 Å². The summed E-state index contributed by atoms with van der Waals surface area (Å²) >= 11 is 0. The van der Waals surface area contributed by atoms with Gasteiger partial charge >= 0.3 is 5.97 Å². The van der Waals surface area contributed by atoms with Crippen LogP contribution in [-0.4, -0.2) is 13.1 Å². The van der Waals surface area contributed by atoms with E-state index in [4.69, 9.17) is 9.47 Å². The van der Waals surface area contributed by atoms with E-state index in [-0.39, 0.29) is 11.9 Å². The average Bonchev–Trinajstić information content (AvgIpc) is 2.81. The van der Waals surface area contributed by atoms with Crippen LogP contribution in [0.1, 0.15) is 29.5 Å². The Hall–Kier alpha value is -3.33. The third kappa shape index (κ3) is 6.93. The maximum Gasteiger partial charge on any atom is 0.308 e. The molecule has 3 rings (SSSR count). The largest absolute Gasteiger partial charge is 0.489 e. The van der Waals surface area contributed by atoms with E-state index >= 15 is 0 Å². The number of esters is 1. The lowest BCUT2D eigenvalue weighted by molar-refractivity contribution is -0.145. The van der Waals surface area contributed by atoms with Gasteiger partial charge in [-0.25, -0.2) is 0 Å². The number of aryl methyl sites for hydroxylation is 1. The Kier molecular flexibility index (Phi) is 8.28. The van der Waals surface area contributed by atoms with Crippen molar-refractivity contribution < 1.29 is 14.3 Å². The molecule has 0 aliphatic heterocycles. The monoisotopic (exact) mass is 400 g/mol. The number of hydrogen-bond donors (Lipinski definition) is 0. The van der Waals surface area contributed by atoms with Gasteiger partial charge in [-0.2, -0.15) is 0 Å². The average molecular weight is 401 g/mol. The van der Waals surface area contributed by atoms with Crippen LogP contribution < -0.4 is 4.74 Å². The van der Waals surface area contributed by atoms with Crippen molar-refractivity contribution in [1.29, 1.82) is 0 Å². The first-order valence-electron chi connectivity index (χ1n) is 10.3. The summed E-state index contributed by atoms with van der Waals surface area (Å²) in [6.45, 7) is 0.554. The molecule has 0 radical (unpaired) electrons. The molecule has 154 valence electrons. The Balaban J connectivity index is 1.50. The molecule has 0 fully saturated rings. The lowest BCUT2D eigenvalue weighted by Gasteiger charge is -2.13. The van der Waals surface area contributed by atoms with Crippen molar-refractivity contribution in [1.82, 2.24) is 0 Å². The van der Waals surface area contributed by atoms with Crippen molar-refractivity contribution in [3.8, 4) is 5.75 Å². The Labute approximate surface area is 179 Å². The van der Waals surface area contributed by atoms with Crippen LogP contribution in [-0.2, 0) is 22.6 Å². The van der Waals surface area contributed by atoms with Crippen LogP contribution in [0.3, 0.4) is 0 Å². The molecule has 0 heterocycles. The van der Waals surface area contributed by atoms with E-state index < -0.39 is 0 Å². The van der Waals surface area contributed by atoms with Crippen LogP contribution >= 0.6 is 0 Å². The van der Waals surface area contributed by atoms with Crippen molar-refractivity contribution in [3.63, 3.8) is 0 Å². The third-order valence-electron chi connectivity index (χ3n) is 5.02. The second-order valence-electron chi connectivity index (χ2n) is 7.23. The fourth-order valence-electron chi connectivity index (χ4n) is 3.27. The molecule has 0 saturated carbocycles. The van der Waals surface area contributed by atoms with Gasteiger partial charge in [0.15, 0.2) is 0 Å². The highest BCUT2D eigenvalue weighted by molar-refractivity contribution is 5.72. The molecule has 0 spiro atoms. The fraction of sp³-hybridized carbons (Fsp3) is 0.222. The molecule has 0 bridgehead atoms. The van der Waals surface area contributed by atoms with Gasteiger partial charge in [0.25, 0.3) is 0 Å². The number of ether oxygens (including phenoxy) is 2. The summed E-state index contributed by atoms with van der Waals surface area (Å²) < 4.78 is 10.8. The van der Waals surface area contributed by atoms with Gasteiger partial charge in [0, 0.05) is 0 Å². The van der Waals surface area contributed by atoms with Gasteiger partial charge in [-0.1, -0.05) is 84.9 Å². The highest BCUT2D eigenvalue weighted by Crippen LogP contribution is 2.19. The summed E-state index contributed by atoms with van der Waals surface area (Å²) in [6.07, 6.45) is 6.33. The minimum Gasteiger partial charge on any atom is -0.489 e. The molecule has 1 atom stereocenters. The number of methoxy groups -OCH3 is 1. The zero-order valence-corrected chi connectivity index (χ0v) is 17.4. The van der Waals surface area contributed by atoms with Crippen LogP contribution in [0, 0.1) is 5.92 Å². The van der Waals surface area contributed by atoms with E-state index in [2.05, 4.69) is 24.3 Å². The molecule has 0 amide bonds. The lowest BCUT2D eigenvalue weighted by atomic mass is 9.96. The van der Waals surface area contributed by atoms with Gasteiger partial charge in [0.05, 0.1) is 13.0 Å². The smallest absolute Gasteiger partial charge is 0.308 e. The van der Waals surface area contributed by atoms with Crippen molar-refractivity contribution in [2.24, 2.45) is 5.92 Å². The number of carbonyl (C=O) groups excluding carboxylic acids is 1.